The minimum absolute atomic E-state index is 0.189. The smallest absolute Gasteiger partial charge is 0.343 e. The molecule has 0 saturated carbocycles. The standard InChI is InChI=1S/C40H45NO4/c1-37(2,3)28-20-21-32-29(24-28)33(26-22-30(38(4,5)6)34(42)31(23-26)39(7,8)9)40(36(44)45-32,27-18-14-11-15-19-27)41-35(43)25-16-12-10-13-17-25/h10-24,33,42H,1-9H3,(H,41,43)/t33-,40+/m1/s1. The monoisotopic (exact) mass is 603 g/mol. The molecular formula is C40H45NO4. The SMILES string of the molecule is CC(C)(C)c1ccc2c(c1)[C@@H](c1cc(C(C)(C)C)c(O)c(C(C)(C)C)c1)[C@@](NC(=O)c1ccccc1)(c1ccccc1)C(=O)O2. The van der Waals surface area contributed by atoms with Crippen LogP contribution in [-0.4, -0.2) is 17.0 Å². The molecule has 1 aliphatic heterocycles. The Morgan fingerprint density at radius 1 is 0.733 bits per heavy atom. The summed E-state index contributed by atoms with van der Waals surface area (Å²) in [4.78, 5) is 28.8. The van der Waals surface area contributed by atoms with Crippen LogP contribution in [0.3, 0.4) is 0 Å². The van der Waals surface area contributed by atoms with Crippen LogP contribution in [0.5, 0.6) is 11.5 Å². The molecule has 2 atom stereocenters. The van der Waals surface area contributed by atoms with Crippen molar-refractivity contribution in [1.29, 1.82) is 0 Å². The van der Waals surface area contributed by atoms with Gasteiger partial charge < -0.3 is 15.2 Å². The summed E-state index contributed by atoms with van der Waals surface area (Å²) in [5.41, 5.74) is 2.64. The predicted molar refractivity (Wildman–Crippen MR) is 180 cm³/mol. The van der Waals surface area contributed by atoms with Crippen LogP contribution in [-0.2, 0) is 26.6 Å². The van der Waals surface area contributed by atoms with Crippen molar-refractivity contribution in [3.63, 3.8) is 0 Å². The summed E-state index contributed by atoms with van der Waals surface area (Å²) in [7, 11) is 0. The van der Waals surface area contributed by atoms with E-state index in [0.29, 0.717) is 16.9 Å². The fourth-order valence-corrected chi connectivity index (χ4v) is 6.28. The molecule has 2 N–H and O–H groups in total. The van der Waals surface area contributed by atoms with Crippen LogP contribution in [0.1, 0.15) is 112 Å². The molecule has 0 bridgehead atoms. The van der Waals surface area contributed by atoms with Crippen LogP contribution < -0.4 is 10.1 Å². The number of benzene rings is 4. The van der Waals surface area contributed by atoms with Crippen molar-refractivity contribution < 1.29 is 19.4 Å². The van der Waals surface area contributed by atoms with E-state index < -0.39 is 28.3 Å². The lowest BCUT2D eigenvalue weighted by Crippen LogP contribution is -2.59. The second-order valence-electron chi connectivity index (χ2n) is 15.3. The second kappa shape index (κ2) is 11.2. The molecule has 1 heterocycles. The zero-order valence-electron chi connectivity index (χ0n) is 27.9. The van der Waals surface area contributed by atoms with Gasteiger partial charge in [-0.05, 0) is 62.3 Å². The van der Waals surface area contributed by atoms with Gasteiger partial charge in [-0.1, -0.05) is 135 Å². The highest BCUT2D eigenvalue weighted by molar-refractivity contribution is 6.00. The zero-order chi connectivity index (χ0) is 32.9. The van der Waals surface area contributed by atoms with Gasteiger partial charge >= 0.3 is 5.97 Å². The lowest BCUT2D eigenvalue weighted by atomic mass is 9.66. The molecule has 234 valence electrons. The van der Waals surface area contributed by atoms with Crippen LogP contribution >= 0.6 is 0 Å². The van der Waals surface area contributed by atoms with Crippen LogP contribution in [0.25, 0.3) is 0 Å². The molecular weight excluding hydrogens is 558 g/mol. The number of hydrogen-bond donors (Lipinski definition) is 2. The van der Waals surface area contributed by atoms with E-state index in [1.54, 1.807) is 24.3 Å². The van der Waals surface area contributed by atoms with Gasteiger partial charge in [-0.3, -0.25) is 4.79 Å². The Bertz CT molecular complexity index is 1700. The molecule has 4 aromatic rings. The van der Waals surface area contributed by atoms with E-state index in [1.807, 2.05) is 60.7 Å². The second-order valence-corrected chi connectivity index (χ2v) is 15.3. The van der Waals surface area contributed by atoms with Gasteiger partial charge in [0.2, 0.25) is 0 Å². The summed E-state index contributed by atoms with van der Waals surface area (Å²) in [6.45, 7) is 18.9. The van der Waals surface area contributed by atoms with Crippen molar-refractivity contribution >= 4 is 11.9 Å². The predicted octanol–water partition coefficient (Wildman–Crippen LogP) is 8.66. The van der Waals surface area contributed by atoms with E-state index in [0.717, 1.165) is 27.8 Å². The summed E-state index contributed by atoms with van der Waals surface area (Å²) in [6, 6.07) is 28.3. The molecule has 0 saturated heterocycles. The highest BCUT2D eigenvalue weighted by Gasteiger charge is 2.55. The number of carbonyl (C=O) groups excluding carboxylic acids is 2. The average molecular weight is 604 g/mol. The Balaban J connectivity index is 1.93. The Morgan fingerprint density at radius 2 is 1.27 bits per heavy atom. The Kier molecular flexibility index (Phi) is 7.97. The zero-order valence-corrected chi connectivity index (χ0v) is 27.9. The van der Waals surface area contributed by atoms with Gasteiger partial charge in [-0.2, -0.15) is 0 Å². The number of ether oxygens (including phenoxy) is 1. The molecule has 45 heavy (non-hydrogen) atoms. The normalized spacial score (nSPS) is 18.6. The van der Waals surface area contributed by atoms with Crippen molar-refractivity contribution in [1.82, 2.24) is 5.32 Å². The molecule has 1 aliphatic rings. The summed E-state index contributed by atoms with van der Waals surface area (Å²) in [6.07, 6.45) is 0. The molecule has 5 rings (SSSR count). The number of carbonyl (C=O) groups is 2. The maximum atomic E-state index is 14.7. The lowest BCUT2D eigenvalue weighted by molar-refractivity contribution is -0.144. The first-order valence-electron chi connectivity index (χ1n) is 15.6. The van der Waals surface area contributed by atoms with Gasteiger partial charge in [0, 0.05) is 11.1 Å². The number of hydrogen-bond acceptors (Lipinski definition) is 4. The fraction of sp³-hybridized carbons (Fsp3) is 0.350. The summed E-state index contributed by atoms with van der Waals surface area (Å²) in [5, 5.41) is 14.9. The first kappa shape index (κ1) is 32.0. The van der Waals surface area contributed by atoms with Gasteiger partial charge in [0.1, 0.15) is 11.5 Å². The summed E-state index contributed by atoms with van der Waals surface area (Å²) < 4.78 is 6.17. The average Bonchev–Trinajstić information content (AvgIpc) is 2.96. The van der Waals surface area contributed by atoms with Crippen molar-refractivity contribution in [3.8, 4) is 11.5 Å². The number of esters is 1. The van der Waals surface area contributed by atoms with Crippen LogP contribution in [0, 0.1) is 0 Å². The Hall–Kier alpha value is -4.38. The minimum Gasteiger partial charge on any atom is -0.507 e. The van der Waals surface area contributed by atoms with Crippen molar-refractivity contribution in [3.05, 3.63) is 130 Å². The molecule has 0 unspecified atom stereocenters. The number of fused-ring (bicyclic) bond motifs is 1. The Morgan fingerprint density at radius 3 is 1.78 bits per heavy atom. The highest BCUT2D eigenvalue weighted by atomic mass is 16.5. The first-order chi connectivity index (χ1) is 20.9. The molecule has 0 fully saturated rings. The number of amides is 1. The summed E-state index contributed by atoms with van der Waals surface area (Å²) in [5.74, 6) is -0.932. The topological polar surface area (TPSA) is 75.6 Å². The van der Waals surface area contributed by atoms with Gasteiger partial charge in [0.05, 0.1) is 5.92 Å². The van der Waals surface area contributed by atoms with Crippen molar-refractivity contribution in [2.24, 2.45) is 0 Å². The van der Waals surface area contributed by atoms with E-state index in [4.69, 9.17) is 4.74 Å². The van der Waals surface area contributed by atoms with E-state index >= 15 is 0 Å². The highest BCUT2D eigenvalue weighted by Crippen LogP contribution is 2.52. The molecule has 5 nitrogen and oxygen atoms in total. The number of phenolic OH excluding ortho intramolecular Hbond substituents is 1. The molecule has 1 amide bonds. The number of aromatic hydroxyl groups is 1. The number of phenols is 1. The van der Waals surface area contributed by atoms with Gasteiger partial charge in [-0.15, -0.1) is 0 Å². The van der Waals surface area contributed by atoms with Crippen molar-refractivity contribution in [2.75, 3.05) is 0 Å². The van der Waals surface area contributed by atoms with E-state index in [9.17, 15) is 14.7 Å². The molecule has 0 radical (unpaired) electrons. The summed E-state index contributed by atoms with van der Waals surface area (Å²) >= 11 is 0. The Labute approximate surface area is 267 Å². The lowest BCUT2D eigenvalue weighted by Gasteiger charge is -2.44. The maximum Gasteiger partial charge on any atom is 0.343 e. The van der Waals surface area contributed by atoms with E-state index in [2.05, 4.69) is 73.7 Å². The third-order valence-corrected chi connectivity index (χ3v) is 8.80. The maximum absolute atomic E-state index is 14.7. The number of nitrogens with one attached hydrogen (secondary N) is 1. The molecule has 0 aliphatic carbocycles. The largest absolute Gasteiger partial charge is 0.507 e. The first-order valence-corrected chi connectivity index (χ1v) is 15.6. The molecule has 4 aromatic carbocycles. The van der Waals surface area contributed by atoms with Gasteiger partial charge in [-0.25, -0.2) is 4.79 Å². The third-order valence-electron chi connectivity index (χ3n) is 8.80. The quantitative estimate of drug-likeness (QED) is 0.181. The van der Waals surface area contributed by atoms with Crippen LogP contribution in [0.2, 0.25) is 0 Å². The molecule has 0 aromatic heterocycles. The third kappa shape index (κ3) is 5.88. The van der Waals surface area contributed by atoms with Gasteiger partial charge in [0.15, 0.2) is 5.54 Å². The fourth-order valence-electron chi connectivity index (χ4n) is 6.28. The van der Waals surface area contributed by atoms with Crippen LogP contribution in [0.4, 0.5) is 0 Å². The van der Waals surface area contributed by atoms with E-state index in [-0.39, 0.29) is 17.1 Å². The van der Waals surface area contributed by atoms with Crippen molar-refractivity contribution in [2.45, 2.75) is 90.0 Å². The molecule has 0 spiro atoms. The van der Waals surface area contributed by atoms with Crippen LogP contribution in [0.15, 0.2) is 91.0 Å². The van der Waals surface area contributed by atoms with Gasteiger partial charge in [0.25, 0.3) is 5.91 Å². The number of rotatable bonds is 4. The molecule has 5 heteroatoms. The minimum atomic E-state index is -1.63. The van der Waals surface area contributed by atoms with E-state index in [1.165, 1.54) is 0 Å².